The Hall–Kier alpha value is -1.16. The SMILES string of the molecule is OC(CNCc1ccc(C2CC2)cc1)c1ccsc1. The van der Waals surface area contributed by atoms with Gasteiger partial charge < -0.3 is 10.4 Å². The van der Waals surface area contributed by atoms with Crippen LogP contribution in [0.3, 0.4) is 0 Å². The first-order valence-electron chi connectivity index (χ1n) is 6.82. The number of aliphatic hydroxyl groups is 1. The van der Waals surface area contributed by atoms with E-state index in [-0.39, 0.29) is 0 Å². The van der Waals surface area contributed by atoms with E-state index in [1.165, 1.54) is 24.0 Å². The molecule has 19 heavy (non-hydrogen) atoms. The van der Waals surface area contributed by atoms with E-state index in [2.05, 4.69) is 29.6 Å². The van der Waals surface area contributed by atoms with Crippen LogP contribution in [0.5, 0.6) is 0 Å². The van der Waals surface area contributed by atoms with Crippen molar-refractivity contribution in [2.75, 3.05) is 6.54 Å². The lowest BCUT2D eigenvalue weighted by Gasteiger charge is -2.10. The van der Waals surface area contributed by atoms with Gasteiger partial charge >= 0.3 is 0 Å². The van der Waals surface area contributed by atoms with Gasteiger partial charge in [0.25, 0.3) is 0 Å². The van der Waals surface area contributed by atoms with Gasteiger partial charge in [0.05, 0.1) is 6.10 Å². The standard InChI is InChI=1S/C16H19NOS/c18-16(15-7-8-19-11-15)10-17-9-12-1-3-13(4-2-12)14-5-6-14/h1-4,7-8,11,14,16-18H,5-6,9-10H2. The molecule has 1 saturated carbocycles. The molecule has 1 unspecified atom stereocenters. The van der Waals surface area contributed by atoms with Gasteiger partial charge in [0.2, 0.25) is 0 Å². The molecule has 0 bridgehead atoms. The molecule has 1 atom stereocenters. The zero-order valence-electron chi connectivity index (χ0n) is 10.9. The van der Waals surface area contributed by atoms with Gasteiger partial charge in [0, 0.05) is 13.1 Å². The monoisotopic (exact) mass is 273 g/mol. The van der Waals surface area contributed by atoms with E-state index in [9.17, 15) is 5.11 Å². The zero-order valence-corrected chi connectivity index (χ0v) is 11.7. The fourth-order valence-electron chi connectivity index (χ4n) is 2.26. The van der Waals surface area contributed by atoms with Crippen LogP contribution in [-0.4, -0.2) is 11.7 Å². The second kappa shape index (κ2) is 5.87. The summed E-state index contributed by atoms with van der Waals surface area (Å²) in [5.41, 5.74) is 3.76. The molecule has 100 valence electrons. The number of hydrogen-bond donors (Lipinski definition) is 2. The quantitative estimate of drug-likeness (QED) is 0.845. The fourth-order valence-corrected chi connectivity index (χ4v) is 2.97. The van der Waals surface area contributed by atoms with Crippen molar-refractivity contribution < 1.29 is 5.11 Å². The Bertz CT molecular complexity index is 502. The van der Waals surface area contributed by atoms with Crippen molar-refractivity contribution in [3.63, 3.8) is 0 Å². The molecule has 2 aromatic rings. The highest BCUT2D eigenvalue weighted by atomic mass is 32.1. The molecule has 2 nitrogen and oxygen atoms in total. The average Bonchev–Trinajstić information content (AvgIpc) is 3.14. The first-order valence-corrected chi connectivity index (χ1v) is 7.77. The summed E-state index contributed by atoms with van der Waals surface area (Å²) >= 11 is 1.62. The number of hydrogen-bond acceptors (Lipinski definition) is 3. The van der Waals surface area contributed by atoms with Gasteiger partial charge in [0.1, 0.15) is 0 Å². The Kier molecular flexibility index (Phi) is 3.97. The minimum Gasteiger partial charge on any atom is -0.387 e. The van der Waals surface area contributed by atoms with E-state index < -0.39 is 6.10 Å². The third-order valence-corrected chi connectivity index (χ3v) is 4.32. The molecular formula is C16H19NOS. The van der Waals surface area contributed by atoms with Gasteiger partial charge in [-0.2, -0.15) is 11.3 Å². The molecule has 1 heterocycles. The summed E-state index contributed by atoms with van der Waals surface area (Å²) in [6.45, 7) is 1.41. The number of nitrogens with one attached hydrogen (secondary N) is 1. The predicted octanol–water partition coefficient (Wildman–Crippen LogP) is 3.45. The van der Waals surface area contributed by atoms with Crippen LogP contribution in [0.2, 0.25) is 0 Å². The van der Waals surface area contributed by atoms with E-state index in [4.69, 9.17) is 0 Å². The Morgan fingerprint density at radius 3 is 2.63 bits per heavy atom. The topological polar surface area (TPSA) is 32.3 Å². The van der Waals surface area contributed by atoms with Crippen molar-refractivity contribution in [1.82, 2.24) is 5.32 Å². The molecule has 0 radical (unpaired) electrons. The smallest absolute Gasteiger partial charge is 0.0922 e. The van der Waals surface area contributed by atoms with E-state index in [1.807, 2.05) is 16.8 Å². The van der Waals surface area contributed by atoms with Crippen LogP contribution in [0.25, 0.3) is 0 Å². The Balaban J connectivity index is 1.46. The second-order valence-electron chi connectivity index (χ2n) is 5.22. The third kappa shape index (κ3) is 3.44. The highest BCUT2D eigenvalue weighted by Gasteiger charge is 2.22. The summed E-state index contributed by atoms with van der Waals surface area (Å²) in [5.74, 6) is 0.822. The van der Waals surface area contributed by atoms with Crippen molar-refractivity contribution in [1.29, 1.82) is 0 Å². The lowest BCUT2D eigenvalue weighted by atomic mass is 10.1. The molecule has 3 rings (SSSR count). The maximum absolute atomic E-state index is 9.96. The summed E-state index contributed by atoms with van der Waals surface area (Å²) in [7, 11) is 0. The summed E-state index contributed by atoms with van der Waals surface area (Å²) in [6.07, 6.45) is 2.30. The zero-order chi connectivity index (χ0) is 13.1. The maximum Gasteiger partial charge on any atom is 0.0922 e. The molecule has 0 saturated heterocycles. The lowest BCUT2D eigenvalue weighted by Crippen LogP contribution is -2.20. The summed E-state index contributed by atoms with van der Waals surface area (Å²) in [6, 6.07) is 10.8. The first kappa shape index (κ1) is 12.9. The van der Waals surface area contributed by atoms with E-state index in [0.29, 0.717) is 6.54 Å². The van der Waals surface area contributed by atoms with E-state index in [0.717, 1.165) is 18.0 Å². The Labute approximate surface area is 118 Å². The van der Waals surface area contributed by atoms with Gasteiger partial charge in [-0.3, -0.25) is 0 Å². The van der Waals surface area contributed by atoms with Crippen molar-refractivity contribution >= 4 is 11.3 Å². The van der Waals surface area contributed by atoms with Crippen LogP contribution in [0.1, 0.15) is 41.6 Å². The molecule has 1 aliphatic carbocycles. The Morgan fingerprint density at radius 1 is 1.21 bits per heavy atom. The van der Waals surface area contributed by atoms with Gasteiger partial charge in [-0.15, -0.1) is 0 Å². The highest BCUT2D eigenvalue weighted by Crippen LogP contribution is 2.39. The lowest BCUT2D eigenvalue weighted by molar-refractivity contribution is 0.175. The molecular weight excluding hydrogens is 254 g/mol. The molecule has 1 aliphatic rings. The van der Waals surface area contributed by atoms with Crippen LogP contribution in [0.15, 0.2) is 41.1 Å². The molecule has 0 spiro atoms. The van der Waals surface area contributed by atoms with Crippen molar-refractivity contribution in [3.8, 4) is 0 Å². The Morgan fingerprint density at radius 2 is 2.00 bits per heavy atom. The van der Waals surface area contributed by atoms with E-state index in [1.54, 1.807) is 11.3 Å². The third-order valence-electron chi connectivity index (χ3n) is 3.62. The molecule has 3 heteroatoms. The molecule has 0 aliphatic heterocycles. The van der Waals surface area contributed by atoms with Gasteiger partial charge in [-0.25, -0.2) is 0 Å². The summed E-state index contributed by atoms with van der Waals surface area (Å²) in [4.78, 5) is 0. The first-order chi connectivity index (χ1) is 9.33. The number of rotatable bonds is 6. The summed E-state index contributed by atoms with van der Waals surface area (Å²) in [5, 5.41) is 17.3. The van der Waals surface area contributed by atoms with Crippen LogP contribution in [0, 0.1) is 0 Å². The van der Waals surface area contributed by atoms with Gasteiger partial charge in [0.15, 0.2) is 0 Å². The number of benzene rings is 1. The van der Waals surface area contributed by atoms with Crippen molar-refractivity contribution in [2.45, 2.75) is 31.4 Å². The van der Waals surface area contributed by atoms with E-state index >= 15 is 0 Å². The van der Waals surface area contributed by atoms with Crippen LogP contribution in [-0.2, 0) is 6.54 Å². The fraction of sp³-hybridized carbons (Fsp3) is 0.375. The van der Waals surface area contributed by atoms with Crippen LogP contribution < -0.4 is 5.32 Å². The van der Waals surface area contributed by atoms with Crippen LogP contribution >= 0.6 is 11.3 Å². The van der Waals surface area contributed by atoms with Crippen LogP contribution in [0.4, 0.5) is 0 Å². The number of thiophene rings is 1. The predicted molar refractivity (Wildman–Crippen MR) is 79.4 cm³/mol. The largest absolute Gasteiger partial charge is 0.387 e. The molecule has 0 amide bonds. The normalized spacial score (nSPS) is 16.5. The highest BCUT2D eigenvalue weighted by molar-refractivity contribution is 7.07. The van der Waals surface area contributed by atoms with Crippen molar-refractivity contribution in [2.24, 2.45) is 0 Å². The molecule has 1 fully saturated rings. The van der Waals surface area contributed by atoms with Gasteiger partial charge in [-0.1, -0.05) is 24.3 Å². The molecule has 2 N–H and O–H groups in total. The summed E-state index contributed by atoms with van der Waals surface area (Å²) < 4.78 is 0. The minimum absolute atomic E-state index is 0.406. The minimum atomic E-state index is -0.406. The van der Waals surface area contributed by atoms with Gasteiger partial charge in [-0.05, 0) is 52.3 Å². The maximum atomic E-state index is 9.96. The number of aliphatic hydroxyl groups excluding tert-OH is 1. The molecule has 1 aromatic carbocycles. The van der Waals surface area contributed by atoms with Crippen molar-refractivity contribution in [3.05, 3.63) is 57.8 Å². The average molecular weight is 273 g/mol. The molecule has 1 aromatic heterocycles. The second-order valence-corrected chi connectivity index (χ2v) is 6.00.